The molecule has 0 saturated carbocycles. The van der Waals surface area contributed by atoms with Gasteiger partial charge in [-0.3, -0.25) is 10.1 Å². The summed E-state index contributed by atoms with van der Waals surface area (Å²) in [5.74, 6) is 2.04. The molecule has 0 aliphatic rings. The van der Waals surface area contributed by atoms with E-state index in [2.05, 4.69) is 20.5 Å². The molecule has 0 atom stereocenters. The van der Waals surface area contributed by atoms with Crippen molar-refractivity contribution in [3.05, 3.63) is 29.8 Å². The van der Waals surface area contributed by atoms with Crippen LogP contribution in [0.2, 0.25) is 0 Å². The Morgan fingerprint density at radius 3 is 3.00 bits per heavy atom. The summed E-state index contributed by atoms with van der Waals surface area (Å²) >= 11 is 1.52. The number of hydrogen-bond acceptors (Lipinski definition) is 5. The summed E-state index contributed by atoms with van der Waals surface area (Å²) < 4.78 is 5.65. The minimum Gasteiger partial charge on any atom is -0.493 e. The van der Waals surface area contributed by atoms with Gasteiger partial charge in [0.2, 0.25) is 17.0 Å². The highest BCUT2D eigenvalue weighted by Crippen LogP contribution is 2.16. The van der Waals surface area contributed by atoms with E-state index in [-0.39, 0.29) is 5.91 Å². The average Bonchev–Trinajstić information content (AvgIpc) is 2.93. The minimum absolute atomic E-state index is 0.0995. The van der Waals surface area contributed by atoms with Crippen molar-refractivity contribution in [3.8, 4) is 5.75 Å². The van der Waals surface area contributed by atoms with Gasteiger partial charge in [0.25, 0.3) is 0 Å². The van der Waals surface area contributed by atoms with Crippen LogP contribution in [-0.4, -0.2) is 33.4 Å². The Morgan fingerprint density at radius 2 is 2.23 bits per heavy atom. The lowest BCUT2D eigenvalue weighted by atomic mass is 10.2. The number of ether oxygens (including phenoxy) is 1. The van der Waals surface area contributed by atoms with Gasteiger partial charge >= 0.3 is 0 Å². The summed E-state index contributed by atoms with van der Waals surface area (Å²) in [5, 5.41) is 10.0. The van der Waals surface area contributed by atoms with Gasteiger partial charge in [0.05, 0.1) is 6.61 Å². The molecule has 0 radical (unpaired) electrons. The first kappa shape index (κ1) is 16.4. The molecule has 0 unspecified atom stereocenters. The zero-order valence-electron chi connectivity index (χ0n) is 12.8. The number of aryl methyl sites for hydroxylation is 1. The van der Waals surface area contributed by atoms with Crippen molar-refractivity contribution in [1.29, 1.82) is 0 Å². The molecule has 0 saturated heterocycles. The molecule has 6 nitrogen and oxygen atoms in total. The number of H-pyrrole nitrogens is 1. The first-order chi connectivity index (χ1) is 10.7. The van der Waals surface area contributed by atoms with E-state index in [1.807, 2.05) is 38.1 Å². The topological polar surface area (TPSA) is 79.9 Å². The molecular formula is C15H20N4O2S. The van der Waals surface area contributed by atoms with Crippen LogP contribution in [0.3, 0.4) is 0 Å². The van der Waals surface area contributed by atoms with E-state index in [1.54, 1.807) is 0 Å². The van der Waals surface area contributed by atoms with Gasteiger partial charge < -0.3 is 4.74 Å². The Labute approximate surface area is 134 Å². The number of nitrogens with one attached hydrogen (secondary N) is 2. The van der Waals surface area contributed by atoms with Crippen molar-refractivity contribution < 1.29 is 9.53 Å². The van der Waals surface area contributed by atoms with Gasteiger partial charge in [0.1, 0.15) is 5.75 Å². The number of aromatic amines is 1. The Hall–Kier alpha value is -2.02. The highest BCUT2D eigenvalue weighted by molar-refractivity contribution is 7.99. The molecular weight excluding hydrogens is 300 g/mol. The van der Waals surface area contributed by atoms with Gasteiger partial charge in [0.15, 0.2) is 0 Å². The molecule has 2 rings (SSSR count). The average molecular weight is 320 g/mol. The van der Waals surface area contributed by atoms with Crippen molar-refractivity contribution in [2.75, 3.05) is 17.7 Å². The van der Waals surface area contributed by atoms with E-state index in [0.29, 0.717) is 30.6 Å². The number of para-hydroxylation sites is 1. The van der Waals surface area contributed by atoms with Crippen LogP contribution in [0, 0.1) is 6.92 Å². The first-order valence-electron chi connectivity index (χ1n) is 7.22. The van der Waals surface area contributed by atoms with Crippen LogP contribution in [-0.2, 0) is 4.79 Å². The van der Waals surface area contributed by atoms with Gasteiger partial charge in [0, 0.05) is 6.42 Å². The predicted molar refractivity (Wildman–Crippen MR) is 87.3 cm³/mol. The standard InChI is InChI=1S/C15H20N4O2S/c1-3-22-15-17-14(18-19-15)16-13(20)9-6-10-21-12-8-5-4-7-11(12)2/h4-5,7-8H,3,6,9-10H2,1-2H3,(H2,16,17,18,19,20). The van der Waals surface area contributed by atoms with Crippen molar-refractivity contribution in [1.82, 2.24) is 15.2 Å². The highest BCUT2D eigenvalue weighted by Gasteiger charge is 2.07. The summed E-state index contributed by atoms with van der Waals surface area (Å²) in [6.07, 6.45) is 1.02. The molecule has 22 heavy (non-hydrogen) atoms. The molecule has 0 fully saturated rings. The van der Waals surface area contributed by atoms with Crippen LogP contribution >= 0.6 is 11.8 Å². The fourth-order valence-electron chi connectivity index (χ4n) is 1.82. The van der Waals surface area contributed by atoms with Crippen molar-refractivity contribution in [2.45, 2.75) is 31.8 Å². The van der Waals surface area contributed by atoms with Crippen LogP contribution in [0.4, 0.5) is 5.95 Å². The molecule has 2 aromatic rings. The molecule has 7 heteroatoms. The van der Waals surface area contributed by atoms with Gasteiger partial charge in [-0.25, -0.2) is 5.10 Å². The predicted octanol–water partition coefficient (Wildman–Crippen LogP) is 3.02. The number of aromatic nitrogens is 3. The summed E-state index contributed by atoms with van der Waals surface area (Å²) in [7, 11) is 0. The molecule has 0 spiro atoms. The normalized spacial score (nSPS) is 10.5. The van der Waals surface area contributed by atoms with Gasteiger partial charge in [-0.15, -0.1) is 5.10 Å². The number of anilines is 1. The summed E-state index contributed by atoms with van der Waals surface area (Å²) in [6.45, 7) is 4.52. The van der Waals surface area contributed by atoms with Gasteiger partial charge in [-0.2, -0.15) is 4.98 Å². The maximum atomic E-state index is 11.8. The third-order valence-electron chi connectivity index (χ3n) is 2.90. The molecule has 0 aliphatic heterocycles. The smallest absolute Gasteiger partial charge is 0.226 e. The molecule has 1 heterocycles. The Balaban J connectivity index is 1.68. The van der Waals surface area contributed by atoms with Crippen LogP contribution < -0.4 is 10.1 Å². The lowest BCUT2D eigenvalue weighted by molar-refractivity contribution is -0.116. The minimum atomic E-state index is -0.0995. The van der Waals surface area contributed by atoms with Crippen LogP contribution in [0.5, 0.6) is 5.75 Å². The van der Waals surface area contributed by atoms with Crippen molar-refractivity contribution >= 4 is 23.6 Å². The van der Waals surface area contributed by atoms with Crippen LogP contribution in [0.15, 0.2) is 29.4 Å². The van der Waals surface area contributed by atoms with Crippen LogP contribution in [0.1, 0.15) is 25.3 Å². The Kier molecular flexibility index (Phi) is 6.27. The number of benzene rings is 1. The van der Waals surface area contributed by atoms with Gasteiger partial charge in [-0.05, 0) is 30.7 Å². The lowest BCUT2D eigenvalue weighted by Gasteiger charge is -2.08. The number of rotatable bonds is 8. The zero-order valence-corrected chi connectivity index (χ0v) is 13.6. The molecule has 0 aliphatic carbocycles. The maximum Gasteiger partial charge on any atom is 0.226 e. The summed E-state index contributed by atoms with van der Waals surface area (Å²) in [5.41, 5.74) is 1.09. The van der Waals surface area contributed by atoms with E-state index in [4.69, 9.17) is 4.74 Å². The number of hydrogen-bond donors (Lipinski definition) is 2. The van der Waals surface area contributed by atoms with Crippen molar-refractivity contribution in [2.24, 2.45) is 0 Å². The number of amides is 1. The lowest BCUT2D eigenvalue weighted by Crippen LogP contribution is -2.13. The molecule has 2 N–H and O–H groups in total. The fraction of sp³-hybridized carbons (Fsp3) is 0.400. The molecule has 118 valence electrons. The number of carbonyl (C=O) groups excluding carboxylic acids is 1. The van der Waals surface area contributed by atoms with E-state index >= 15 is 0 Å². The second-order valence-corrected chi connectivity index (χ2v) is 5.90. The van der Waals surface area contributed by atoms with E-state index in [0.717, 1.165) is 17.1 Å². The van der Waals surface area contributed by atoms with Crippen molar-refractivity contribution in [3.63, 3.8) is 0 Å². The number of carbonyl (C=O) groups is 1. The highest BCUT2D eigenvalue weighted by atomic mass is 32.2. The fourth-order valence-corrected chi connectivity index (χ4v) is 2.35. The Bertz CT molecular complexity index is 615. The maximum absolute atomic E-state index is 11.8. The summed E-state index contributed by atoms with van der Waals surface area (Å²) in [4.78, 5) is 16.0. The molecule has 1 aromatic heterocycles. The Morgan fingerprint density at radius 1 is 1.41 bits per heavy atom. The quantitative estimate of drug-likeness (QED) is 0.577. The largest absolute Gasteiger partial charge is 0.493 e. The van der Waals surface area contributed by atoms with E-state index in [1.165, 1.54) is 11.8 Å². The number of thioether (sulfide) groups is 1. The van der Waals surface area contributed by atoms with Crippen LogP contribution in [0.25, 0.3) is 0 Å². The molecule has 1 aromatic carbocycles. The second kappa shape index (κ2) is 8.43. The zero-order chi connectivity index (χ0) is 15.8. The third kappa shape index (κ3) is 5.07. The SMILES string of the molecule is CCSc1n[nH]c(NC(=O)CCCOc2ccccc2C)n1. The second-order valence-electron chi connectivity index (χ2n) is 4.67. The molecule has 1 amide bonds. The molecule has 0 bridgehead atoms. The van der Waals surface area contributed by atoms with E-state index in [9.17, 15) is 4.79 Å². The summed E-state index contributed by atoms with van der Waals surface area (Å²) in [6, 6.07) is 7.83. The first-order valence-corrected chi connectivity index (χ1v) is 8.21. The third-order valence-corrected chi connectivity index (χ3v) is 3.62. The number of nitrogens with zero attached hydrogens (tertiary/aromatic N) is 2. The van der Waals surface area contributed by atoms with Gasteiger partial charge in [-0.1, -0.05) is 36.9 Å². The monoisotopic (exact) mass is 320 g/mol. The van der Waals surface area contributed by atoms with E-state index < -0.39 is 0 Å².